The van der Waals surface area contributed by atoms with Gasteiger partial charge in [-0.15, -0.1) is 0 Å². The molecule has 24 heavy (non-hydrogen) atoms. The fourth-order valence-corrected chi connectivity index (χ4v) is 5.71. The molecular formula is C20H26N2O2. The highest BCUT2D eigenvalue weighted by molar-refractivity contribution is 5.94. The minimum atomic E-state index is -0.194. The molecule has 4 fully saturated rings. The number of hydrogen-bond donors (Lipinski definition) is 1. The highest BCUT2D eigenvalue weighted by Crippen LogP contribution is 2.55. The minimum absolute atomic E-state index is 0.0609. The summed E-state index contributed by atoms with van der Waals surface area (Å²) in [5, 5.41) is 3.29. The zero-order valence-corrected chi connectivity index (χ0v) is 14.5. The van der Waals surface area contributed by atoms with Crippen molar-refractivity contribution in [3.63, 3.8) is 0 Å². The van der Waals surface area contributed by atoms with Gasteiger partial charge in [0.15, 0.2) is 5.43 Å². The first-order valence-corrected chi connectivity index (χ1v) is 9.16. The summed E-state index contributed by atoms with van der Waals surface area (Å²) in [7, 11) is 0. The van der Waals surface area contributed by atoms with Crippen LogP contribution in [0.5, 0.6) is 0 Å². The molecule has 128 valence electrons. The fourth-order valence-electron chi connectivity index (χ4n) is 5.71. The van der Waals surface area contributed by atoms with Crippen LogP contribution in [0.15, 0.2) is 23.1 Å². The summed E-state index contributed by atoms with van der Waals surface area (Å²) >= 11 is 0. The lowest BCUT2D eigenvalue weighted by Gasteiger charge is -2.56. The Hall–Kier alpha value is -1.84. The van der Waals surface area contributed by atoms with Crippen LogP contribution in [-0.2, 0) is 0 Å². The van der Waals surface area contributed by atoms with Gasteiger partial charge in [-0.25, -0.2) is 0 Å². The highest BCUT2D eigenvalue weighted by Gasteiger charge is 2.51. The van der Waals surface area contributed by atoms with Gasteiger partial charge >= 0.3 is 0 Å². The van der Waals surface area contributed by atoms with Gasteiger partial charge in [0.1, 0.15) is 5.56 Å². The Labute approximate surface area is 143 Å². The molecule has 1 heterocycles. The van der Waals surface area contributed by atoms with Crippen molar-refractivity contribution < 1.29 is 4.79 Å². The van der Waals surface area contributed by atoms with Crippen LogP contribution in [-0.4, -0.2) is 16.0 Å². The van der Waals surface area contributed by atoms with Crippen LogP contribution in [0, 0.1) is 24.7 Å². The van der Waals surface area contributed by atoms with E-state index in [9.17, 15) is 9.59 Å². The first kappa shape index (κ1) is 15.7. The second-order valence-electron chi connectivity index (χ2n) is 8.23. The van der Waals surface area contributed by atoms with Crippen molar-refractivity contribution in [2.24, 2.45) is 17.8 Å². The van der Waals surface area contributed by atoms with Gasteiger partial charge in [-0.2, -0.15) is 0 Å². The standard InChI is InChI=1S/C20H26N2O2/c1-3-4-22-12-17(18(23)5-13(22)2)19(24)21-20-9-14-6-15(10-20)8-16(7-14)11-20/h3-5,12,14-16H,6-11H2,1-2H3,(H,21,24)/b4-3+. The van der Waals surface area contributed by atoms with E-state index in [1.165, 1.54) is 19.3 Å². The molecular weight excluding hydrogens is 300 g/mol. The van der Waals surface area contributed by atoms with Crippen molar-refractivity contribution >= 4 is 12.1 Å². The number of hydrogen-bond acceptors (Lipinski definition) is 2. The van der Waals surface area contributed by atoms with Gasteiger partial charge in [0.25, 0.3) is 5.91 Å². The molecule has 0 unspecified atom stereocenters. The maximum absolute atomic E-state index is 12.9. The number of nitrogens with one attached hydrogen (secondary N) is 1. The van der Waals surface area contributed by atoms with Gasteiger partial charge in [-0.05, 0) is 70.1 Å². The van der Waals surface area contributed by atoms with Crippen LogP contribution in [0.1, 0.15) is 61.5 Å². The Bertz CT molecular complexity index is 724. The van der Waals surface area contributed by atoms with E-state index >= 15 is 0 Å². The topological polar surface area (TPSA) is 51.1 Å². The van der Waals surface area contributed by atoms with Crippen molar-refractivity contribution in [3.8, 4) is 0 Å². The van der Waals surface area contributed by atoms with E-state index in [1.54, 1.807) is 12.3 Å². The normalized spacial score (nSPS) is 34.0. The Morgan fingerprint density at radius 1 is 1.21 bits per heavy atom. The highest BCUT2D eigenvalue weighted by atomic mass is 16.2. The van der Waals surface area contributed by atoms with Crippen LogP contribution >= 0.6 is 0 Å². The predicted octanol–water partition coefficient (Wildman–Crippen LogP) is 3.35. The fraction of sp³-hybridized carbons (Fsp3) is 0.600. The van der Waals surface area contributed by atoms with Crippen LogP contribution in [0.4, 0.5) is 0 Å². The van der Waals surface area contributed by atoms with E-state index in [0.717, 1.165) is 42.7 Å². The lowest BCUT2D eigenvalue weighted by Crippen LogP contribution is -2.60. The van der Waals surface area contributed by atoms with E-state index in [4.69, 9.17) is 0 Å². The van der Waals surface area contributed by atoms with Gasteiger partial charge in [0.05, 0.1) is 0 Å². The summed E-state index contributed by atoms with van der Waals surface area (Å²) in [4.78, 5) is 25.2. The smallest absolute Gasteiger partial charge is 0.257 e. The second-order valence-corrected chi connectivity index (χ2v) is 8.23. The van der Waals surface area contributed by atoms with Crippen LogP contribution in [0.25, 0.3) is 6.20 Å². The molecule has 4 nitrogen and oxygen atoms in total. The third kappa shape index (κ3) is 2.62. The number of amides is 1. The number of allylic oxidation sites excluding steroid dienone is 1. The summed E-state index contributed by atoms with van der Waals surface area (Å²) in [6.07, 6.45) is 12.8. The average Bonchev–Trinajstić information content (AvgIpc) is 2.48. The second kappa shape index (κ2) is 5.61. The summed E-state index contributed by atoms with van der Waals surface area (Å²) in [6, 6.07) is 1.55. The molecule has 4 aliphatic rings. The minimum Gasteiger partial charge on any atom is -0.346 e. The van der Waals surface area contributed by atoms with E-state index in [1.807, 2.05) is 30.7 Å². The summed E-state index contributed by atoms with van der Waals surface area (Å²) in [6.45, 7) is 3.80. The van der Waals surface area contributed by atoms with Crippen LogP contribution < -0.4 is 10.7 Å². The molecule has 1 aromatic heterocycles. The molecule has 0 saturated heterocycles. The first-order valence-electron chi connectivity index (χ1n) is 9.16. The van der Waals surface area contributed by atoms with Crippen molar-refractivity contribution in [3.05, 3.63) is 39.8 Å². The maximum Gasteiger partial charge on any atom is 0.257 e. The Balaban J connectivity index is 1.61. The average molecular weight is 326 g/mol. The molecule has 0 aromatic carbocycles. The maximum atomic E-state index is 12.9. The van der Waals surface area contributed by atoms with Crippen molar-refractivity contribution in [1.82, 2.24) is 9.88 Å². The van der Waals surface area contributed by atoms with Crippen molar-refractivity contribution in [1.29, 1.82) is 0 Å². The molecule has 0 atom stereocenters. The third-order valence-corrected chi connectivity index (χ3v) is 6.25. The van der Waals surface area contributed by atoms with Gasteiger partial charge < -0.3 is 9.88 Å². The molecule has 4 saturated carbocycles. The lowest BCUT2D eigenvalue weighted by molar-refractivity contribution is -0.0167. The largest absolute Gasteiger partial charge is 0.346 e. The number of pyridine rings is 1. The molecule has 0 radical (unpaired) electrons. The molecule has 1 aromatic rings. The van der Waals surface area contributed by atoms with Crippen molar-refractivity contribution in [2.45, 2.75) is 57.9 Å². The Morgan fingerprint density at radius 2 is 1.79 bits per heavy atom. The van der Waals surface area contributed by atoms with Crippen molar-refractivity contribution in [2.75, 3.05) is 0 Å². The Morgan fingerprint density at radius 3 is 2.33 bits per heavy atom. The number of carbonyl (C=O) groups is 1. The monoisotopic (exact) mass is 326 g/mol. The number of aromatic nitrogens is 1. The first-order chi connectivity index (χ1) is 11.5. The number of aryl methyl sites for hydroxylation is 1. The zero-order chi connectivity index (χ0) is 16.9. The number of nitrogens with zero attached hydrogens (tertiary/aromatic N) is 1. The quantitative estimate of drug-likeness (QED) is 0.926. The molecule has 4 aliphatic carbocycles. The summed E-state index contributed by atoms with van der Waals surface area (Å²) in [5.74, 6) is 2.12. The molecule has 1 amide bonds. The van der Waals surface area contributed by atoms with Crippen LogP contribution in [0.2, 0.25) is 0 Å². The molecule has 5 rings (SSSR count). The number of rotatable bonds is 3. The van der Waals surface area contributed by atoms with Gasteiger partial charge in [0.2, 0.25) is 0 Å². The van der Waals surface area contributed by atoms with Gasteiger partial charge in [-0.1, -0.05) is 6.08 Å². The summed E-state index contributed by atoms with van der Waals surface area (Å²) < 4.78 is 1.84. The van der Waals surface area contributed by atoms with Gasteiger partial charge in [0, 0.05) is 29.7 Å². The molecule has 0 aliphatic heterocycles. The lowest BCUT2D eigenvalue weighted by atomic mass is 9.53. The molecule has 4 heteroatoms. The SMILES string of the molecule is C/C=C/n1cc(C(=O)NC23CC4CC(CC(C4)C2)C3)c(=O)cc1C. The summed E-state index contributed by atoms with van der Waals surface area (Å²) in [5.41, 5.74) is 0.851. The van der Waals surface area contributed by atoms with E-state index in [-0.39, 0.29) is 22.4 Å². The Kier molecular flexibility index (Phi) is 3.66. The van der Waals surface area contributed by atoms with E-state index in [0.29, 0.717) is 0 Å². The van der Waals surface area contributed by atoms with E-state index < -0.39 is 0 Å². The number of carbonyl (C=O) groups excluding carboxylic acids is 1. The molecule has 1 N–H and O–H groups in total. The molecule has 4 bridgehead atoms. The van der Waals surface area contributed by atoms with Gasteiger partial charge in [-0.3, -0.25) is 9.59 Å². The van der Waals surface area contributed by atoms with Crippen LogP contribution in [0.3, 0.4) is 0 Å². The zero-order valence-electron chi connectivity index (χ0n) is 14.5. The van der Waals surface area contributed by atoms with E-state index in [2.05, 4.69) is 5.32 Å². The predicted molar refractivity (Wildman–Crippen MR) is 94.8 cm³/mol. The third-order valence-electron chi connectivity index (χ3n) is 6.25. The molecule has 0 spiro atoms.